The summed E-state index contributed by atoms with van der Waals surface area (Å²) >= 11 is 0. The van der Waals surface area contributed by atoms with Gasteiger partial charge in [-0.25, -0.2) is 4.98 Å². The van der Waals surface area contributed by atoms with E-state index in [1.165, 1.54) is 0 Å². The number of nitrogens with one attached hydrogen (secondary N) is 1. The molecule has 0 saturated heterocycles. The third-order valence-electron chi connectivity index (χ3n) is 6.41. The fourth-order valence-corrected chi connectivity index (χ4v) is 4.38. The molecule has 0 aliphatic rings. The summed E-state index contributed by atoms with van der Waals surface area (Å²) in [5.41, 5.74) is 3.31. The van der Waals surface area contributed by atoms with Crippen LogP contribution < -0.4 is 5.32 Å². The molecule has 0 aliphatic heterocycles. The van der Waals surface area contributed by atoms with E-state index >= 15 is 0 Å². The lowest BCUT2D eigenvalue weighted by Gasteiger charge is -2.20. The molecule has 7 heteroatoms. The van der Waals surface area contributed by atoms with Crippen LogP contribution in [0.2, 0.25) is 0 Å². The summed E-state index contributed by atoms with van der Waals surface area (Å²) in [5, 5.41) is 12.2. The minimum absolute atomic E-state index is 0.0868. The van der Waals surface area contributed by atoms with Gasteiger partial charge in [-0.05, 0) is 55.0 Å². The van der Waals surface area contributed by atoms with E-state index in [2.05, 4.69) is 37.6 Å². The van der Waals surface area contributed by atoms with Crippen molar-refractivity contribution in [1.82, 2.24) is 14.9 Å². The quantitative estimate of drug-likeness (QED) is 0.372. The van der Waals surface area contributed by atoms with Crippen LogP contribution in [0.3, 0.4) is 0 Å². The van der Waals surface area contributed by atoms with Gasteiger partial charge in [0, 0.05) is 24.1 Å². The normalized spacial score (nSPS) is 13.4. The molecule has 0 aliphatic carbocycles. The molecule has 0 fully saturated rings. The Morgan fingerprint density at radius 3 is 2.52 bits per heavy atom. The molecule has 178 valence electrons. The molecule has 2 atom stereocenters. The highest BCUT2D eigenvalue weighted by Gasteiger charge is 2.22. The number of nitrogens with zero attached hydrogens (tertiary/aromatic N) is 2. The maximum absolute atomic E-state index is 13.0. The lowest BCUT2D eigenvalue weighted by atomic mass is 9.97. The first-order valence-electron chi connectivity index (χ1n) is 11.9. The maximum Gasteiger partial charge on any atom is 0.305 e. The van der Waals surface area contributed by atoms with Crippen molar-refractivity contribution in [3.05, 3.63) is 53.7 Å². The lowest BCUT2D eigenvalue weighted by molar-refractivity contribution is -0.137. The number of rotatable bonds is 12. The number of carboxylic acids is 1. The Bertz CT molecular complexity index is 1070. The van der Waals surface area contributed by atoms with E-state index in [-0.39, 0.29) is 12.3 Å². The van der Waals surface area contributed by atoms with E-state index in [1.54, 1.807) is 18.6 Å². The molecule has 1 amide bonds. The van der Waals surface area contributed by atoms with Crippen molar-refractivity contribution >= 4 is 22.9 Å². The number of aromatic nitrogens is 2. The van der Waals surface area contributed by atoms with Gasteiger partial charge in [-0.2, -0.15) is 0 Å². The number of imidazole rings is 1. The van der Waals surface area contributed by atoms with Crippen LogP contribution >= 0.6 is 0 Å². The zero-order chi connectivity index (χ0) is 24.0. The van der Waals surface area contributed by atoms with Crippen molar-refractivity contribution < 1.29 is 19.1 Å². The van der Waals surface area contributed by atoms with Gasteiger partial charge in [0.05, 0.1) is 30.0 Å². The summed E-state index contributed by atoms with van der Waals surface area (Å²) in [7, 11) is 0. The Kier molecular flexibility index (Phi) is 8.31. The van der Waals surface area contributed by atoms with Gasteiger partial charge in [-0.1, -0.05) is 34.1 Å². The van der Waals surface area contributed by atoms with Crippen molar-refractivity contribution in [3.8, 4) is 0 Å². The van der Waals surface area contributed by atoms with E-state index in [1.807, 2.05) is 18.2 Å². The molecule has 0 radical (unpaired) electrons. The molecule has 0 spiro atoms. The molecule has 3 rings (SSSR count). The number of fused-ring (bicyclic) bond motifs is 1. The Balaban J connectivity index is 1.91. The molecule has 0 saturated carbocycles. The first-order chi connectivity index (χ1) is 15.9. The van der Waals surface area contributed by atoms with Crippen LogP contribution in [-0.4, -0.2) is 32.6 Å². The largest absolute Gasteiger partial charge is 0.481 e. The van der Waals surface area contributed by atoms with E-state index in [0.29, 0.717) is 30.4 Å². The van der Waals surface area contributed by atoms with Crippen molar-refractivity contribution in [2.45, 2.75) is 78.3 Å². The lowest BCUT2D eigenvalue weighted by Crippen LogP contribution is -2.37. The van der Waals surface area contributed by atoms with Crippen LogP contribution in [0, 0.1) is 5.92 Å². The minimum Gasteiger partial charge on any atom is -0.481 e. The van der Waals surface area contributed by atoms with Crippen molar-refractivity contribution in [3.63, 3.8) is 0 Å². The SMILES string of the molecule is CCC(C)CC(CC(=O)O)NC(=O)c1ccc2c(c1)nc(Cc1ccoc1)n2C(CC)CC. The van der Waals surface area contributed by atoms with Crippen LogP contribution in [0.4, 0.5) is 0 Å². The zero-order valence-corrected chi connectivity index (χ0v) is 20.0. The highest BCUT2D eigenvalue weighted by Crippen LogP contribution is 2.28. The van der Waals surface area contributed by atoms with Gasteiger partial charge in [0.15, 0.2) is 0 Å². The number of hydrogen-bond acceptors (Lipinski definition) is 4. The number of carboxylic acid groups (broad SMARTS) is 1. The third-order valence-corrected chi connectivity index (χ3v) is 6.41. The zero-order valence-electron chi connectivity index (χ0n) is 20.0. The molecule has 0 bridgehead atoms. The smallest absolute Gasteiger partial charge is 0.305 e. The molecular formula is C26H35N3O4. The summed E-state index contributed by atoms with van der Waals surface area (Å²) in [6.07, 6.45) is 7.49. The maximum atomic E-state index is 13.0. The van der Waals surface area contributed by atoms with Crippen molar-refractivity contribution in [2.75, 3.05) is 0 Å². The second-order valence-corrected chi connectivity index (χ2v) is 8.90. The van der Waals surface area contributed by atoms with Gasteiger partial charge in [-0.3, -0.25) is 9.59 Å². The van der Waals surface area contributed by atoms with E-state index in [0.717, 1.165) is 41.7 Å². The van der Waals surface area contributed by atoms with Crippen LogP contribution in [0.15, 0.2) is 41.2 Å². The van der Waals surface area contributed by atoms with Crippen LogP contribution in [-0.2, 0) is 11.2 Å². The predicted octanol–water partition coefficient (Wildman–Crippen LogP) is 5.59. The highest BCUT2D eigenvalue weighted by atomic mass is 16.4. The standard InChI is InChI=1S/C26H35N3O4/c1-5-17(4)12-20(15-25(30)31)27-26(32)19-8-9-23-22(14-19)28-24(13-18-10-11-33-16-18)29(23)21(6-2)7-3/h8-11,14,16-17,20-21H,5-7,12-13,15H2,1-4H3,(H,27,32)(H,30,31). The second-order valence-electron chi connectivity index (χ2n) is 8.90. The second kappa shape index (κ2) is 11.2. The predicted molar refractivity (Wildman–Crippen MR) is 128 cm³/mol. The Labute approximate surface area is 195 Å². The number of carbonyl (C=O) groups is 2. The number of aliphatic carboxylic acids is 1. The minimum atomic E-state index is -0.910. The van der Waals surface area contributed by atoms with Gasteiger partial charge < -0.3 is 19.4 Å². The molecule has 2 unspecified atom stereocenters. The van der Waals surface area contributed by atoms with Crippen LogP contribution in [0.1, 0.15) is 87.6 Å². The van der Waals surface area contributed by atoms with E-state index < -0.39 is 12.0 Å². The monoisotopic (exact) mass is 453 g/mol. The molecule has 1 aromatic carbocycles. The fourth-order valence-electron chi connectivity index (χ4n) is 4.38. The summed E-state index contributed by atoms with van der Waals surface area (Å²) in [6.45, 7) is 8.47. The highest BCUT2D eigenvalue weighted by molar-refractivity contribution is 5.97. The number of amides is 1. The van der Waals surface area contributed by atoms with Gasteiger partial charge in [0.1, 0.15) is 5.82 Å². The average molecular weight is 454 g/mol. The Hall–Kier alpha value is -3.09. The van der Waals surface area contributed by atoms with E-state index in [4.69, 9.17) is 9.40 Å². The van der Waals surface area contributed by atoms with Crippen molar-refractivity contribution in [2.24, 2.45) is 5.92 Å². The number of furan rings is 1. The number of hydrogen-bond donors (Lipinski definition) is 2. The number of benzene rings is 1. The molecule has 33 heavy (non-hydrogen) atoms. The molecule has 2 aromatic heterocycles. The Morgan fingerprint density at radius 1 is 1.15 bits per heavy atom. The molecule has 3 aromatic rings. The van der Waals surface area contributed by atoms with E-state index in [9.17, 15) is 14.7 Å². The summed E-state index contributed by atoms with van der Waals surface area (Å²) in [6, 6.07) is 7.42. The van der Waals surface area contributed by atoms with Gasteiger partial charge in [0.2, 0.25) is 0 Å². The fraction of sp³-hybridized carbons (Fsp3) is 0.500. The molecule has 7 nitrogen and oxygen atoms in total. The summed E-state index contributed by atoms with van der Waals surface area (Å²) in [4.78, 5) is 29.2. The molecular weight excluding hydrogens is 418 g/mol. The topological polar surface area (TPSA) is 97.4 Å². The first-order valence-corrected chi connectivity index (χ1v) is 11.9. The molecule has 2 N–H and O–H groups in total. The summed E-state index contributed by atoms with van der Waals surface area (Å²) in [5.74, 6) is 0.100. The van der Waals surface area contributed by atoms with Gasteiger partial charge >= 0.3 is 5.97 Å². The summed E-state index contributed by atoms with van der Waals surface area (Å²) < 4.78 is 7.51. The third kappa shape index (κ3) is 6.03. The van der Waals surface area contributed by atoms with Gasteiger partial charge in [0.25, 0.3) is 5.91 Å². The van der Waals surface area contributed by atoms with Crippen molar-refractivity contribution in [1.29, 1.82) is 0 Å². The van der Waals surface area contributed by atoms with Crippen LogP contribution in [0.5, 0.6) is 0 Å². The van der Waals surface area contributed by atoms with Crippen LogP contribution in [0.25, 0.3) is 11.0 Å². The molecule has 2 heterocycles. The van der Waals surface area contributed by atoms with Gasteiger partial charge in [-0.15, -0.1) is 0 Å². The number of carbonyl (C=O) groups excluding carboxylic acids is 1. The average Bonchev–Trinajstić information content (AvgIpc) is 3.42. The first kappa shape index (κ1) is 24.6. The Morgan fingerprint density at radius 2 is 1.91 bits per heavy atom.